The summed E-state index contributed by atoms with van der Waals surface area (Å²) >= 11 is 0. The molecule has 1 aromatic rings. The SMILES string of the molecule is O=C1C=CC(=O)C(c2ccc3c(c2)CCCO3)=C1. The molecule has 1 aliphatic heterocycles. The number of carbonyl (C=O) groups excluding carboxylic acids is 2. The standard InChI is InChI=1S/C15H12O3/c16-12-4-5-14(17)13(9-12)10-3-6-15-11(8-10)2-1-7-18-15/h3-6,8-9H,1-2,7H2. The van der Waals surface area contributed by atoms with Gasteiger partial charge in [-0.1, -0.05) is 6.07 Å². The van der Waals surface area contributed by atoms with Crippen molar-refractivity contribution < 1.29 is 14.3 Å². The molecule has 0 saturated carbocycles. The highest BCUT2D eigenvalue weighted by molar-refractivity contribution is 6.33. The number of benzene rings is 1. The van der Waals surface area contributed by atoms with Gasteiger partial charge in [0.2, 0.25) is 0 Å². The molecule has 1 aliphatic carbocycles. The molecule has 0 spiro atoms. The molecular weight excluding hydrogens is 228 g/mol. The van der Waals surface area contributed by atoms with Crippen LogP contribution in [0.2, 0.25) is 0 Å². The van der Waals surface area contributed by atoms with E-state index in [9.17, 15) is 9.59 Å². The van der Waals surface area contributed by atoms with Crippen LogP contribution in [0.4, 0.5) is 0 Å². The van der Waals surface area contributed by atoms with Gasteiger partial charge in [-0.15, -0.1) is 0 Å². The normalized spacial score (nSPS) is 18.1. The molecule has 0 atom stereocenters. The van der Waals surface area contributed by atoms with E-state index in [1.54, 1.807) is 0 Å². The molecule has 0 saturated heterocycles. The Morgan fingerprint density at radius 2 is 2.00 bits per heavy atom. The Kier molecular flexibility index (Phi) is 2.59. The van der Waals surface area contributed by atoms with E-state index >= 15 is 0 Å². The van der Waals surface area contributed by atoms with Gasteiger partial charge in [-0.2, -0.15) is 0 Å². The summed E-state index contributed by atoms with van der Waals surface area (Å²) < 4.78 is 5.53. The Balaban J connectivity index is 2.02. The van der Waals surface area contributed by atoms with Crippen molar-refractivity contribution in [2.75, 3.05) is 6.61 Å². The largest absolute Gasteiger partial charge is 0.493 e. The fourth-order valence-corrected chi connectivity index (χ4v) is 2.26. The molecule has 3 heteroatoms. The number of carbonyl (C=O) groups is 2. The molecule has 2 aliphatic rings. The lowest BCUT2D eigenvalue weighted by atomic mass is 9.93. The Labute approximate surface area is 105 Å². The molecular formula is C15H12O3. The lowest BCUT2D eigenvalue weighted by Crippen LogP contribution is -2.10. The predicted octanol–water partition coefficient (Wildman–Crippen LogP) is 2.10. The zero-order valence-corrected chi connectivity index (χ0v) is 9.81. The van der Waals surface area contributed by atoms with Crippen LogP contribution < -0.4 is 4.74 Å². The number of hydrogen-bond donors (Lipinski definition) is 0. The van der Waals surface area contributed by atoms with Gasteiger partial charge in [-0.25, -0.2) is 0 Å². The van der Waals surface area contributed by atoms with Crippen molar-refractivity contribution in [3.63, 3.8) is 0 Å². The Hall–Kier alpha value is -2.16. The van der Waals surface area contributed by atoms with Crippen molar-refractivity contribution in [3.8, 4) is 5.75 Å². The van der Waals surface area contributed by atoms with Crippen molar-refractivity contribution in [1.29, 1.82) is 0 Å². The molecule has 18 heavy (non-hydrogen) atoms. The third-order valence-corrected chi connectivity index (χ3v) is 3.17. The van der Waals surface area contributed by atoms with Crippen molar-refractivity contribution in [2.45, 2.75) is 12.8 Å². The van der Waals surface area contributed by atoms with Crippen LogP contribution >= 0.6 is 0 Å². The average Bonchev–Trinajstić information content (AvgIpc) is 2.41. The maximum atomic E-state index is 11.8. The van der Waals surface area contributed by atoms with E-state index in [4.69, 9.17) is 4.74 Å². The number of rotatable bonds is 1. The molecule has 0 N–H and O–H groups in total. The van der Waals surface area contributed by atoms with Crippen LogP contribution in [0, 0.1) is 0 Å². The Morgan fingerprint density at radius 1 is 1.11 bits per heavy atom. The highest BCUT2D eigenvalue weighted by Crippen LogP contribution is 2.29. The fraction of sp³-hybridized carbons (Fsp3) is 0.200. The van der Waals surface area contributed by atoms with Crippen LogP contribution in [0.25, 0.3) is 5.57 Å². The molecule has 1 aromatic carbocycles. The summed E-state index contributed by atoms with van der Waals surface area (Å²) in [7, 11) is 0. The molecule has 0 fully saturated rings. The third kappa shape index (κ3) is 1.88. The second-order valence-corrected chi connectivity index (χ2v) is 4.43. The Morgan fingerprint density at radius 3 is 2.89 bits per heavy atom. The number of fused-ring (bicyclic) bond motifs is 1. The minimum absolute atomic E-state index is 0.119. The van der Waals surface area contributed by atoms with Crippen molar-refractivity contribution >= 4 is 17.1 Å². The quantitative estimate of drug-likeness (QED) is 0.706. The van der Waals surface area contributed by atoms with Crippen LogP contribution in [0.5, 0.6) is 5.75 Å². The van der Waals surface area contributed by atoms with Gasteiger partial charge in [-0.3, -0.25) is 9.59 Å². The number of allylic oxidation sites excluding steroid dienone is 4. The van der Waals surface area contributed by atoms with Crippen LogP contribution in [0.1, 0.15) is 17.5 Å². The number of ketones is 2. The first-order valence-corrected chi connectivity index (χ1v) is 5.98. The fourth-order valence-electron chi connectivity index (χ4n) is 2.26. The van der Waals surface area contributed by atoms with Crippen LogP contribution in [-0.2, 0) is 16.0 Å². The lowest BCUT2D eigenvalue weighted by Gasteiger charge is -2.18. The van der Waals surface area contributed by atoms with Gasteiger partial charge in [0.1, 0.15) is 5.75 Å². The van der Waals surface area contributed by atoms with E-state index in [0.29, 0.717) is 5.57 Å². The maximum absolute atomic E-state index is 11.8. The summed E-state index contributed by atoms with van der Waals surface area (Å²) in [6.45, 7) is 0.745. The highest BCUT2D eigenvalue weighted by Gasteiger charge is 2.17. The molecule has 90 valence electrons. The number of hydrogen-bond acceptors (Lipinski definition) is 3. The van der Waals surface area contributed by atoms with E-state index in [1.165, 1.54) is 18.2 Å². The molecule has 1 heterocycles. The summed E-state index contributed by atoms with van der Waals surface area (Å²) in [5, 5.41) is 0. The summed E-state index contributed by atoms with van der Waals surface area (Å²) in [4.78, 5) is 23.1. The van der Waals surface area contributed by atoms with Crippen molar-refractivity contribution in [2.24, 2.45) is 0 Å². The second kappa shape index (κ2) is 4.26. The first-order chi connectivity index (χ1) is 8.74. The monoisotopic (exact) mass is 240 g/mol. The minimum atomic E-state index is -0.140. The maximum Gasteiger partial charge on any atom is 0.186 e. The lowest BCUT2D eigenvalue weighted by molar-refractivity contribution is -0.113. The van der Waals surface area contributed by atoms with Gasteiger partial charge < -0.3 is 4.74 Å². The van der Waals surface area contributed by atoms with E-state index < -0.39 is 0 Å². The van der Waals surface area contributed by atoms with E-state index in [2.05, 4.69) is 0 Å². The van der Waals surface area contributed by atoms with Crippen LogP contribution in [0.15, 0.2) is 36.4 Å². The topological polar surface area (TPSA) is 43.4 Å². The van der Waals surface area contributed by atoms with Gasteiger partial charge in [0.25, 0.3) is 0 Å². The van der Waals surface area contributed by atoms with E-state index in [-0.39, 0.29) is 11.6 Å². The summed E-state index contributed by atoms with van der Waals surface area (Å²) in [6.07, 6.45) is 5.96. The first kappa shape index (κ1) is 11.0. The second-order valence-electron chi connectivity index (χ2n) is 4.43. The van der Waals surface area contributed by atoms with Crippen molar-refractivity contribution in [1.82, 2.24) is 0 Å². The summed E-state index contributed by atoms with van der Waals surface area (Å²) in [5.74, 6) is 0.626. The molecule has 0 bridgehead atoms. The first-order valence-electron chi connectivity index (χ1n) is 5.98. The van der Waals surface area contributed by atoms with Gasteiger partial charge in [0, 0.05) is 5.57 Å². The summed E-state index contributed by atoms with van der Waals surface area (Å²) in [5.41, 5.74) is 2.37. The van der Waals surface area contributed by atoms with Crippen LogP contribution in [-0.4, -0.2) is 18.2 Å². The van der Waals surface area contributed by atoms with Gasteiger partial charge >= 0.3 is 0 Å². The minimum Gasteiger partial charge on any atom is -0.493 e. The van der Waals surface area contributed by atoms with E-state index in [1.807, 2.05) is 18.2 Å². The summed E-state index contributed by atoms with van der Waals surface area (Å²) in [6, 6.07) is 5.66. The average molecular weight is 240 g/mol. The zero-order chi connectivity index (χ0) is 12.5. The highest BCUT2D eigenvalue weighted by atomic mass is 16.5. The zero-order valence-electron chi connectivity index (χ0n) is 9.81. The van der Waals surface area contributed by atoms with Gasteiger partial charge in [0.05, 0.1) is 6.61 Å². The third-order valence-electron chi connectivity index (χ3n) is 3.17. The Bertz CT molecular complexity index is 594. The van der Waals surface area contributed by atoms with E-state index in [0.717, 1.165) is 36.3 Å². The van der Waals surface area contributed by atoms with Gasteiger partial charge in [0.15, 0.2) is 11.6 Å². The van der Waals surface area contributed by atoms with Crippen molar-refractivity contribution in [3.05, 3.63) is 47.6 Å². The molecule has 0 radical (unpaired) electrons. The molecule has 0 aromatic heterocycles. The molecule has 3 nitrogen and oxygen atoms in total. The van der Waals surface area contributed by atoms with Gasteiger partial charge in [-0.05, 0) is 54.3 Å². The molecule has 0 amide bonds. The smallest absolute Gasteiger partial charge is 0.186 e. The predicted molar refractivity (Wildman–Crippen MR) is 67.4 cm³/mol. The number of aryl methyl sites for hydroxylation is 1. The number of ether oxygens (including phenoxy) is 1. The molecule has 3 rings (SSSR count). The molecule has 0 unspecified atom stereocenters. The van der Waals surface area contributed by atoms with Crippen LogP contribution in [0.3, 0.4) is 0 Å².